The van der Waals surface area contributed by atoms with E-state index in [0.717, 1.165) is 15.3 Å². The molecule has 0 spiro atoms. The van der Waals surface area contributed by atoms with Gasteiger partial charge in [-0.25, -0.2) is 4.79 Å². The summed E-state index contributed by atoms with van der Waals surface area (Å²) in [7, 11) is 0. The van der Waals surface area contributed by atoms with Gasteiger partial charge in [0.1, 0.15) is 6.61 Å². The standard InChI is InChI=1S/C19H23NO4S/c1-19(2,3)16-10-9-15(25-16)14(11-17(21)22)20-18(23)24-12-13-7-5-4-6-8-13/h4-10,14H,11-12H2,1-3H3,(H,20,23)(H,21,22)/t14-/m0/s1. The zero-order chi connectivity index (χ0) is 18.4. The zero-order valence-corrected chi connectivity index (χ0v) is 15.4. The van der Waals surface area contributed by atoms with Crippen molar-refractivity contribution in [2.75, 3.05) is 0 Å². The topological polar surface area (TPSA) is 75.6 Å². The van der Waals surface area contributed by atoms with E-state index in [2.05, 4.69) is 26.1 Å². The van der Waals surface area contributed by atoms with Gasteiger partial charge < -0.3 is 15.2 Å². The molecule has 0 unspecified atom stereocenters. The molecule has 0 aliphatic carbocycles. The van der Waals surface area contributed by atoms with Crippen molar-refractivity contribution in [2.45, 2.75) is 45.3 Å². The van der Waals surface area contributed by atoms with Gasteiger partial charge in [0, 0.05) is 9.75 Å². The molecule has 0 aliphatic rings. The Balaban J connectivity index is 2.03. The number of hydrogen-bond acceptors (Lipinski definition) is 4. The monoisotopic (exact) mass is 361 g/mol. The maximum Gasteiger partial charge on any atom is 0.407 e. The molecule has 1 amide bonds. The van der Waals surface area contributed by atoms with Crippen LogP contribution in [-0.2, 0) is 21.6 Å². The first-order chi connectivity index (χ1) is 11.8. The summed E-state index contributed by atoms with van der Waals surface area (Å²) in [5, 5.41) is 11.8. The van der Waals surface area contributed by atoms with Crippen molar-refractivity contribution in [3.8, 4) is 0 Å². The molecule has 1 aromatic heterocycles. The number of rotatable bonds is 6. The maximum absolute atomic E-state index is 12.1. The van der Waals surface area contributed by atoms with E-state index >= 15 is 0 Å². The number of carbonyl (C=O) groups excluding carboxylic acids is 1. The lowest BCUT2D eigenvalue weighted by atomic mass is 9.95. The van der Waals surface area contributed by atoms with Crippen LogP contribution >= 0.6 is 11.3 Å². The number of hydrogen-bond donors (Lipinski definition) is 2. The first kappa shape index (κ1) is 19.0. The van der Waals surface area contributed by atoms with Crippen LogP contribution in [0.2, 0.25) is 0 Å². The number of nitrogens with one attached hydrogen (secondary N) is 1. The molecule has 1 heterocycles. The first-order valence-corrected chi connectivity index (χ1v) is 8.86. The summed E-state index contributed by atoms with van der Waals surface area (Å²) in [5.41, 5.74) is 0.850. The normalized spacial score (nSPS) is 12.4. The molecule has 0 radical (unpaired) electrons. The van der Waals surface area contributed by atoms with Crippen molar-refractivity contribution in [3.63, 3.8) is 0 Å². The third-order valence-electron chi connectivity index (χ3n) is 3.59. The zero-order valence-electron chi connectivity index (χ0n) is 14.6. The molecule has 0 saturated carbocycles. The van der Waals surface area contributed by atoms with Crippen molar-refractivity contribution < 1.29 is 19.4 Å². The van der Waals surface area contributed by atoms with Gasteiger partial charge in [0.2, 0.25) is 0 Å². The van der Waals surface area contributed by atoms with Crippen molar-refractivity contribution in [2.24, 2.45) is 0 Å². The summed E-state index contributed by atoms with van der Waals surface area (Å²) in [6.45, 7) is 6.42. The van der Waals surface area contributed by atoms with E-state index in [4.69, 9.17) is 9.84 Å². The Hall–Kier alpha value is -2.34. The van der Waals surface area contributed by atoms with Crippen LogP contribution in [0.15, 0.2) is 42.5 Å². The fourth-order valence-electron chi connectivity index (χ4n) is 2.25. The van der Waals surface area contributed by atoms with Gasteiger partial charge in [0.05, 0.1) is 12.5 Å². The number of aliphatic carboxylic acids is 1. The summed E-state index contributed by atoms with van der Waals surface area (Å²) in [5.74, 6) is -0.973. The van der Waals surface area contributed by atoms with E-state index in [0.29, 0.717) is 0 Å². The molecule has 1 aromatic carbocycles. The number of carboxylic acid groups (broad SMARTS) is 1. The van der Waals surface area contributed by atoms with E-state index in [1.165, 1.54) is 11.3 Å². The first-order valence-electron chi connectivity index (χ1n) is 8.05. The Morgan fingerprint density at radius 2 is 1.84 bits per heavy atom. The lowest BCUT2D eigenvalue weighted by molar-refractivity contribution is -0.137. The van der Waals surface area contributed by atoms with Gasteiger partial charge in [-0.3, -0.25) is 4.79 Å². The van der Waals surface area contributed by atoms with Crippen molar-refractivity contribution in [1.29, 1.82) is 0 Å². The summed E-state index contributed by atoms with van der Waals surface area (Å²) in [6.07, 6.45) is -0.814. The average molecular weight is 361 g/mol. The quantitative estimate of drug-likeness (QED) is 0.795. The highest BCUT2D eigenvalue weighted by atomic mass is 32.1. The van der Waals surface area contributed by atoms with Crippen LogP contribution < -0.4 is 5.32 Å². The summed E-state index contributed by atoms with van der Waals surface area (Å²) in [6, 6.07) is 12.6. The number of benzene rings is 1. The van der Waals surface area contributed by atoms with Crippen LogP contribution in [0.25, 0.3) is 0 Å². The lowest BCUT2D eigenvalue weighted by Crippen LogP contribution is -2.30. The van der Waals surface area contributed by atoms with Gasteiger partial charge in [-0.1, -0.05) is 51.1 Å². The van der Waals surface area contributed by atoms with Gasteiger partial charge in [-0.2, -0.15) is 0 Å². The number of thiophene rings is 1. The molecule has 0 aliphatic heterocycles. The van der Waals surface area contributed by atoms with Crippen LogP contribution in [0.4, 0.5) is 4.79 Å². The summed E-state index contributed by atoms with van der Waals surface area (Å²) < 4.78 is 5.20. The molecule has 0 bridgehead atoms. The SMILES string of the molecule is CC(C)(C)c1ccc([C@H](CC(=O)O)NC(=O)OCc2ccccc2)s1. The van der Waals surface area contributed by atoms with E-state index in [1.54, 1.807) is 0 Å². The smallest absolute Gasteiger partial charge is 0.407 e. The fraction of sp³-hybridized carbons (Fsp3) is 0.368. The van der Waals surface area contributed by atoms with E-state index in [-0.39, 0.29) is 18.4 Å². The van der Waals surface area contributed by atoms with Crippen LogP contribution in [0.1, 0.15) is 48.6 Å². The second kappa shape index (κ2) is 8.16. The van der Waals surface area contributed by atoms with Crippen LogP contribution in [0.5, 0.6) is 0 Å². The van der Waals surface area contributed by atoms with Crippen molar-refractivity contribution >= 4 is 23.4 Å². The highest BCUT2D eigenvalue weighted by molar-refractivity contribution is 7.12. The molecule has 5 nitrogen and oxygen atoms in total. The summed E-state index contributed by atoms with van der Waals surface area (Å²) in [4.78, 5) is 25.2. The van der Waals surface area contributed by atoms with E-state index in [1.807, 2.05) is 42.5 Å². The van der Waals surface area contributed by atoms with Gasteiger partial charge in [0.15, 0.2) is 0 Å². The van der Waals surface area contributed by atoms with Gasteiger partial charge in [-0.15, -0.1) is 11.3 Å². The van der Waals surface area contributed by atoms with E-state index in [9.17, 15) is 9.59 Å². The molecule has 0 fully saturated rings. The molecule has 2 aromatic rings. The van der Waals surface area contributed by atoms with Gasteiger partial charge in [0.25, 0.3) is 0 Å². The van der Waals surface area contributed by atoms with Crippen molar-refractivity contribution in [1.82, 2.24) is 5.32 Å². The molecule has 134 valence electrons. The third-order valence-corrected chi connectivity index (χ3v) is 5.22. The number of amides is 1. The largest absolute Gasteiger partial charge is 0.481 e. The molecule has 25 heavy (non-hydrogen) atoms. The number of alkyl carbamates (subject to hydrolysis) is 1. The maximum atomic E-state index is 12.1. The predicted octanol–water partition coefficient (Wildman–Crippen LogP) is 4.49. The second-order valence-corrected chi connectivity index (χ2v) is 7.92. The Bertz CT molecular complexity index is 719. The minimum atomic E-state index is -0.973. The minimum absolute atomic E-state index is 0.0233. The Kier molecular flexibility index (Phi) is 6.20. The van der Waals surface area contributed by atoms with Crippen LogP contribution in [-0.4, -0.2) is 17.2 Å². The molecule has 2 rings (SSSR count). The highest BCUT2D eigenvalue weighted by Crippen LogP contribution is 2.33. The minimum Gasteiger partial charge on any atom is -0.481 e. The second-order valence-electron chi connectivity index (χ2n) is 6.81. The Morgan fingerprint density at radius 1 is 1.16 bits per heavy atom. The summed E-state index contributed by atoms with van der Waals surface area (Å²) >= 11 is 1.51. The lowest BCUT2D eigenvalue weighted by Gasteiger charge is -2.17. The molecule has 1 atom stereocenters. The molecule has 0 saturated heterocycles. The third kappa shape index (κ3) is 5.90. The average Bonchev–Trinajstić information content (AvgIpc) is 3.03. The molecular formula is C19H23NO4S. The molecule has 2 N–H and O–H groups in total. The Labute approximate surface area is 151 Å². The van der Waals surface area contributed by atoms with Crippen LogP contribution in [0.3, 0.4) is 0 Å². The van der Waals surface area contributed by atoms with Gasteiger partial charge in [-0.05, 0) is 23.1 Å². The van der Waals surface area contributed by atoms with Gasteiger partial charge >= 0.3 is 12.1 Å². The molecule has 6 heteroatoms. The van der Waals surface area contributed by atoms with E-state index < -0.39 is 18.1 Å². The van der Waals surface area contributed by atoms with Crippen LogP contribution in [0, 0.1) is 0 Å². The fourth-order valence-corrected chi connectivity index (χ4v) is 3.36. The number of ether oxygens (including phenoxy) is 1. The number of carbonyl (C=O) groups is 2. The molecular weight excluding hydrogens is 338 g/mol. The predicted molar refractivity (Wildman–Crippen MR) is 97.8 cm³/mol. The Morgan fingerprint density at radius 3 is 2.40 bits per heavy atom. The number of carboxylic acids is 1. The van der Waals surface area contributed by atoms with Crippen molar-refractivity contribution in [3.05, 3.63) is 57.8 Å². The highest BCUT2D eigenvalue weighted by Gasteiger charge is 2.23.